The lowest BCUT2D eigenvalue weighted by Gasteiger charge is -2.17. The Bertz CT molecular complexity index is 1060. The van der Waals surface area contributed by atoms with Gasteiger partial charge in [0.15, 0.2) is 5.78 Å². The number of ether oxygens (including phenoxy) is 1. The molecule has 5 heteroatoms. The number of rotatable bonds is 8. The van der Waals surface area contributed by atoms with Crippen LogP contribution in [0.15, 0.2) is 60.8 Å². The molecule has 0 saturated carbocycles. The first-order valence-corrected chi connectivity index (χ1v) is 10.4. The topological polar surface area (TPSA) is 59.5 Å². The van der Waals surface area contributed by atoms with E-state index in [0.29, 0.717) is 30.7 Å². The Hall–Kier alpha value is -3.47. The van der Waals surface area contributed by atoms with Crippen molar-refractivity contribution >= 4 is 17.4 Å². The monoisotopic (exact) mass is 416 g/mol. The zero-order valence-corrected chi connectivity index (χ0v) is 18.5. The van der Waals surface area contributed by atoms with E-state index in [2.05, 4.69) is 4.98 Å². The van der Waals surface area contributed by atoms with E-state index < -0.39 is 0 Å². The fraction of sp³-hybridized carbons (Fsp3) is 0.269. The number of benzene rings is 2. The fourth-order valence-corrected chi connectivity index (χ4v) is 3.49. The molecule has 1 aromatic heterocycles. The number of ketones is 1. The quantitative estimate of drug-likeness (QED) is 0.470. The number of Topliss-reactive ketones (excluding diaryl/α,β-unsaturated/α-hetero) is 1. The summed E-state index contributed by atoms with van der Waals surface area (Å²) in [4.78, 5) is 30.4. The van der Waals surface area contributed by atoms with Gasteiger partial charge in [0.2, 0.25) is 11.8 Å². The summed E-state index contributed by atoms with van der Waals surface area (Å²) in [5.74, 6) is 0.760. The van der Waals surface area contributed by atoms with Crippen LogP contribution in [-0.2, 0) is 11.2 Å². The van der Waals surface area contributed by atoms with Crippen LogP contribution in [0.4, 0.5) is 5.69 Å². The molecule has 0 atom stereocenters. The number of methoxy groups -OCH3 is 1. The van der Waals surface area contributed by atoms with Gasteiger partial charge in [0.05, 0.1) is 7.11 Å². The summed E-state index contributed by atoms with van der Waals surface area (Å²) in [6.07, 6.45) is 3.29. The van der Waals surface area contributed by atoms with Gasteiger partial charge in [-0.1, -0.05) is 37.3 Å². The highest BCUT2D eigenvalue weighted by molar-refractivity contribution is 5.97. The maximum Gasteiger partial charge on any atom is 0.226 e. The third-order valence-electron chi connectivity index (χ3n) is 5.44. The average Bonchev–Trinajstić information content (AvgIpc) is 2.81. The molecule has 0 unspecified atom stereocenters. The van der Waals surface area contributed by atoms with Crippen molar-refractivity contribution in [2.45, 2.75) is 33.1 Å². The normalized spacial score (nSPS) is 10.6. The van der Waals surface area contributed by atoms with Gasteiger partial charge in [-0.15, -0.1) is 0 Å². The van der Waals surface area contributed by atoms with Gasteiger partial charge in [0, 0.05) is 43.4 Å². The number of hydrogen-bond donors (Lipinski definition) is 0. The predicted molar refractivity (Wildman–Crippen MR) is 124 cm³/mol. The molecule has 0 saturated heterocycles. The van der Waals surface area contributed by atoms with E-state index in [-0.39, 0.29) is 11.7 Å². The molecule has 3 aromatic rings. The first kappa shape index (κ1) is 22.2. The van der Waals surface area contributed by atoms with Gasteiger partial charge >= 0.3 is 0 Å². The molecule has 0 aliphatic carbocycles. The number of aromatic nitrogens is 1. The number of anilines is 1. The molecule has 0 radical (unpaired) electrons. The van der Waals surface area contributed by atoms with E-state index >= 15 is 0 Å². The largest absolute Gasteiger partial charge is 0.481 e. The SMILES string of the molecule is CCC(=O)N(C)c1ccc(-c2ccc(C(=O)CCc3ccc(OC)nc3)cc2C)cc1. The Morgan fingerprint density at radius 3 is 2.35 bits per heavy atom. The van der Waals surface area contributed by atoms with E-state index in [1.165, 1.54) is 0 Å². The summed E-state index contributed by atoms with van der Waals surface area (Å²) in [5.41, 5.74) is 5.77. The Morgan fingerprint density at radius 1 is 1.03 bits per heavy atom. The van der Waals surface area contributed by atoms with Crippen molar-refractivity contribution in [1.29, 1.82) is 0 Å². The van der Waals surface area contributed by atoms with Crippen molar-refractivity contribution in [3.05, 3.63) is 77.5 Å². The summed E-state index contributed by atoms with van der Waals surface area (Å²) >= 11 is 0. The molecule has 5 nitrogen and oxygen atoms in total. The van der Waals surface area contributed by atoms with E-state index in [1.54, 1.807) is 31.3 Å². The lowest BCUT2D eigenvalue weighted by molar-refractivity contribution is -0.118. The number of carbonyl (C=O) groups excluding carboxylic acids is 2. The minimum Gasteiger partial charge on any atom is -0.481 e. The molecule has 0 bridgehead atoms. The molecule has 31 heavy (non-hydrogen) atoms. The third-order valence-corrected chi connectivity index (χ3v) is 5.44. The number of aryl methyl sites for hydroxylation is 2. The number of carbonyl (C=O) groups is 2. The smallest absolute Gasteiger partial charge is 0.226 e. The molecule has 1 amide bonds. The van der Waals surface area contributed by atoms with Crippen LogP contribution < -0.4 is 9.64 Å². The summed E-state index contributed by atoms with van der Waals surface area (Å²) in [6, 6.07) is 17.5. The number of pyridine rings is 1. The van der Waals surface area contributed by atoms with Gasteiger partial charge in [-0.05, 0) is 53.8 Å². The van der Waals surface area contributed by atoms with Crippen molar-refractivity contribution < 1.29 is 14.3 Å². The fourth-order valence-electron chi connectivity index (χ4n) is 3.49. The number of nitrogens with zero attached hydrogens (tertiary/aromatic N) is 2. The summed E-state index contributed by atoms with van der Waals surface area (Å²) in [5, 5.41) is 0. The van der Waals surface area contributed by atoms with Crippen LogP contribution in [0.1, 0.15) is 41.3 Å². The van der Waals surface area contributed by atoms with Crippen LogP contribution in [0.3, 0.4) is 0 Å². The average molecular weight is 417 g/mol. The minimum atomic E-state index is 0.0808. The first-order valence-electron chi connectivity index (χ1n) is 10.4. The van der Waals surface area contributed by atoms with Crippen LogP contribution in [0.2, 0.25) is 0 Å². The van der Waals surface area contributed by atoms with E-state index in [1.807, 2.05) is 62.4 Å². The molecule has 3 rings (SSSR count). The second-order valence-electron chi connectivity index (χ2n) is 7.51. The second kappa shape index (κ2) is 10.0. The van der Waals surface area contributed by atoms with Crippen LogP contribution in [0.25, 0.3) is 11.1 Å². The molecule has 0 N–H and O–H groups in total. The molecule has 0 aliphatic heterocycles. The third kappa shape index (κ3) is 5.37. The maximum absolute atomic E-state index is 12.7. The first-order chi connectivity index (χ1) is 14.9. The number of hydrogen-bond acceptors (Lipinski definition) is 4. The second-order valence-corrected chi connectivity index (χ2v) is 7.51. The van der Waals surface area contributed by atoms with Crippen molar-refractivity contribution in [1.82, 2.24) is 4.98 Å². The molecular weight excluding hydrogens is 388 g/mol. The lowest BCUT2D eigenvalue weighted by Crippen LogP contribution is -2.24. The Kier molecular flexibility index (Phi) is 7.19. The zero-order valence-electron chi connectivity index (χ0n) is 18.5. The highest BCUT2D eigenvalue weighted by Gasteiger charge is 2.12. The zero-order chi connectivity index (χ0) is 22.4. The van der Waals surface area contributed by atoms with Gasteiger partial charge < -0.3 is 9.64 Å². The van der Waals surface area contributed by atoms with E-state index in [0.717, 1.165) is 27.9 Å². The molecule has 0 aliphatic rings. The Labute approximate surface area is 183 Å². The van der Waals surface area contributed by atoms with Gasteiger partial charge in [-0.2, -0.15) is 0 Å². The standard InChI is InChI=1S/C26H28N2O3/c1-5-26(30)28(3)22-11-8-20(9-12-22)23-13-10-21(16-18(23)2)24(29)14-6-19-7-15-25(31-4)27-17-19/h7-13,15-17H,5-6,14H2,1-4H3. The molecule has 1 heterocycles. The van der Waals surface area contributed by atoms with Crippen molar-refractivity contribution in [3.8, 4) is 17.0 Å². The highest BCUT2D eigenvalue weighted by atomic mass is 16.5. The lowest BCUT2D eigenvalue weighted by atomic mass is 9.95. The van der Waals surface area contributed by atoms with E-state index in [4.69, 9.17) is 4.74 Å². The molecule has 0 fully saturated rings. The minimum absolute atomic E-state index is 0.0808. The molecule has 160 valence electrons. The Balaban J connectivity index is 1.68. The van der Waals surface area contributed by atoms with Gasteiger partial charge in [-0.3, -0.25) is 9.59 Å². The summed E-state index contributed by atoms with van der Waals surface area (Å²) in [7, 11) is 3.37. The van der Waals surface area contributed by atoms with Crippen LogP contribution in [0.5, 0.6) is 5.88 Å². The summed E-state index contributed by atoms with van der Waals surface area (Å²) < 4.78 is 5.06. The van der Waals surface area contributed by atoms with Crippen molar-refractivity contribution in [2.75, 3.05) is 19.1 Å². The van der Waals surface area contributed by atoms with Crippen LogP contribution >= 0.6 is 0 Å². The van der Waals surface area contributed by atoms with Gasteiger partial charge in [-0.25, -0.2) is 4.98 Å². The van der Waals surface area contributed by atoms with E-state index in [9.17, 15) is 9.59 Å². The number of amides is 1. The molecular formula is C26H28N2O3. The van der Waals surface area contributed by atoms with Gasteiger partial charge in [0.1, 0.15) is 0 Å². The van der Waals surface area contributed by atoms with Gasteiger partial charge in [0.25, 0.3) is 0 Å². The summed E-state index contributed by atoms with van der Waals surface area (Å²) in [6.45, 7) is 3.87. The van der Waals surface area contributed by atoms with Crippen molar-refractivity contribution in [2.24, 2.45) is 0 Å². The predicted octanol–water partition coefficient (Wildman–Crippen LogP) is 5.25. The molecule has 2 aromatic carbocycles. The van der Waals surface area contributed by atoms with Crippen LogP contribution in [0, 0.1) is 6.92 Å². The maximum atomic E-state index is 12.7. The molecule has 0 spiro atoms. The van der Waals surface area contributed by atoms with Crippen molar-refractivity contribution in [3.63, 3.8) is 0 Å². The van der Waals surface area contributed by atoms with Crippen LogP contribution in [-0.4, -0.2) is 30.8 Å². The highest BCUT2D eigenvalue weighted by Crippen LogP contribution is 2.27. The Morgan fingerprint density at radius 2 is 1.77 bits per heavy atom.